The Labute approximate surface area is 132 Å². The van der Waals surface area contributed by atoms with E-state index in [0.717, 1.165) is 22.3 Å². The van der Waals surface area contributed by atoms with Crippen LogP contribution in [0.5, 0.6) is 0 Å². The molecule has 1 fully saturated rings. The number of rotatable bonds is 4. The Balaban J connectivity index is 1.73. The standard InChI is InChI=1S/C15H19BrN4O/c1-17-13-5-3-2-4-10(13)7-14-19-15(20-21-14)11-6-12(16)9-18-8-11/h6,8-10,13,17H,2-5,7H2,1H3. The predicted molar refractivity (Wildman–Crippen MR) is 83.7 cm³/mol. The van der Waals surface area contributed by atoms with Gasteiger partial charge in [-0.3, -0.25) is 4.98 Å². The molecule has 1 saturated carbocycles. The second kappa shape index (κ2) is 6.66. The van der Waals surface area contributed by atoms with Crippen LogP contribution in [0.3, 0.4) is 0 Å². The molecule has 2 aromatic rings. The number of pyridine rings is 1. The molecule has 1 N–H and O–H groups in total. The summed E-state index contributed by atoms with van der Waals surface area (Å²) in [5, 5.41) is 7.49. The molecule has 2 unspecified atom stereocenters. The molecule has 0 saturated heterocycles. The molecule has 0 amide bonds. The highest BCUT2D eigenvalue weighted by molar-refractivity contribution is 9.10. The van der Waals surface area contributed by atoms with Crippen molar-refractivity contribution < 1.29 is 4.52 Å². The van der Waals surface area contributed by atoms with Crippen LogP contribution in [0.1, 0.15) is 31.6 Å². The SMILES string of the molecule is CNC1CCCCC1Cc1nc(-c2cncc(Br)c2)no1. The van der Waals surface area contributed by atoms with E-state index in [-0.39, 0.29) is 0 Å². The maximum absolute atomic E-state index is 5.42. The molecular weight excluding hydrogens is 332 g/mol. The van der Waals surface area contributed by atoms with Crippen molar-refractivity contribution in [3.63, 3.8) is 0 Å². The van der Waals surface area contributed by atoms with Gasteiger partial charge in [-0.05, 0) is 47.8 Å². The number of nitrogens with zero attached hydrogens (tertiary/aromatic N) is 3. The summed E-state index contributed by atoms with van der Waals surface area (Å²) in [6.07, 6.45) is 9.39. The molecule has 0 bridgehead atoms. The molecular formula is C15H19BrN4O. The van der Waals surface area contributed by atoms with Crippen LogP contribution < -0.4 is 5.32 Å². The zero-order chi connectivity index (χ0) is 14.7. The summed E-state index contributed by atoms with van der Waals surface area (Å²) in [6, 6.07) is 2.50. The minimum absolute atomic E-state index is 0.557. The number of hydrogen-bond acceptors (Lipinski definition) is 5. The van der Waals surface area contributed by atoms with E-state index in [0.29, 0.717) is 17.8 Å². The van der Waals surface area contributed by atoms with Crippen LogP contribution in [0.2, 0.25) is 0 Å². The highest BCUT2D eigenvalue weighted by Gasteiger charge is 2.26. The number of nitrogens with one attached hydrogen (secondary N) is 1. The van der Waals surface area contributed by atoms with E-state index in [9.17, 15) is 0 Å². The fraction of sp³-hybridized carbons (Fsp3) is 0.533. The molecule has 0 spiro atoms. The maximum Gasteiger partial charge on any atom is 0.227 e. The predicted octanol–water partition coefficient (Wildman–Crippen LogP) is 3.21. The van der Waals surface area contributed by atoms with Crippen LogP contribution in [-0.2, 0) is 6.42 Å². The van der Waals surface area contributed by atoms with Gasteiger partial charge in [0, 0.05) is 34.9 Å². The lowest BCUT2D eigenvalue weighted by molar-refractivity contribution is 0.248. The average Bonchev–Trinajstić information content (AvgIpc) is 2.96. The van der Waals surface area contributed by atoms with E-state index in [1.165, 1.54) is 25.7 Å². The van der Waals surface area contributed by atoms with E-state index in [1.54, 1.807) is 12.4 Å². The topological polar surface area (TPSA) is 63.8 Å². The van der Waals surface area contributed by atoms with Crippen molar-refractivity contribution in [1.29, 1.82) is 0 Å². The summed E-state index contributed by atoms with van der Waals surface area (Å²) in [6.45, 7) is 0. The Morgan fingerprint density at radius 1 is 1.33 bits per heavy atom. The normalized spacial score (nSPS) is 22.4. The van der Waals surface area contributed by atoms with Crippen LogP contribution >= 0.6 is 15.9 Å². The monoisotopic (exact) mass is 350 g/mol. The van der Waals surface area contributed by atoms with Gasteiger partial charge >= 0.3 is 0 Å². The fourth-order valence-electron chi connectivity index (χ4n) is 3.05. The van der Waals surface area contributed by atoms with Crippen molar-refractivity contribution in [2.45, 2.75) is 38.1 Å². The molecule has 1 aliphatic carbocycles. The van der Waals surface area contributed by atoms with Crippen molar-refractivity contribution in [2.24, 2.45) is 5.92 Å². The molecule has 2 atom stereocenters. The summed E-state index contributed by atoms with van der Waals surface area (Å²) in [5.41, 5.74) is 0.869. The lowest BCUT2D eigenvalue weighted by Crippen LogP contribution is -2.37. The first-order valence-electron chi connectivity index (χ1n) is 7.37. The molecule has 1 aliphatic rings. The minimum Gasteiger partial charge on any atom is -0.339 e. The minimum atomic E-state index is 0.557. The average molecular weight is 351 g/mol. The lowest BCUT2D eigenvalue weighted by atomic mass is 9.82. The summed E-state index contributed by atoms with van der Waals surface area (Å²) in [5.74, 6) is 1.91. The van der Waals surface area contributed by atoms with Crippen LogP contribution in [-0.4, -0.2) is 28.2 Å². The smallest absolute Gasteiger partial charge is 0.227 e. The second-order valence-corrected chi connectivity index (χ2v) is 6.46. The van der Waals surface area contributed by atoms with E-state index >= 15 is 0 Å². The van der Waals surface area contributed by atoms with Crippen LogP contribution in [0.4, 0.5) is 0 Å². The van der Waals surface area contributed by atoms with Gasteiger partial charge in [-0.25, -0.2) is 0 Å². The summed E-state index contributed by atoms with van der Waals surface area (Å²) in [7, 11) is 2.04. The van der Waals surface area contributed by atoms with Crippen molar-refractivity contribution in [2.75, 3.05) is 7.05 Å². The first-order valence-corrected chi connectivity index (χ1v) is 8.16. The van der Waals surface area contributed by atoms with E-state index < -0.39 is 0 Å². The van der Waals surface area contributed by atoms with Gasteiger partial charge < -0.3 is 9.84 Å². The van der Waals surface area contributed by atoms with Gasteiger partial charge in [-0.15, -0.1) is 0 Å². The zero-order valence-electron chi connectivity index (χ0n) is 12.1. The van der Waals surface area contributed by atoms with Gasteiger partial charge in [-0.1, -0.05) is 18.0 Å². The molecule has 0 radical (unpaired) electrons. The van der Waals surface area contributed by atoms with Gasteiger partial charge in [0.2, 0.25) is 11.7 Å². The summed E-state index contributed by atoms with van der Waals surface area (Å²) >= 11 is 3.41. The molecule has 0 aliphatic heterocycles. The number of aromatic nitrogens is 3. The zero-order valence-corrected chi connectivity index (χ0v) is 13.6. The Morgan fingerprint density at radius 3 is 3.00 bits per heavy atom. The maximum atomic E-state index is 5.42. The number of halogens is 1. The third kappa shape index (κ3) is 3.49. The van der Waals surface area contributed by atoms with Crippen LogP contribution in [0, 0.1) is 5.92 Å². The Morgan fingerprint density at radius 2 is 2.19 bits per heavy atom. The van der Waals surface area contributed by atoms with E-state index in [1.807, 2.05) is 13.1 Å². The van der Waals surface area contributed by atoms with Crippen LogP contribution in [0.15, 0.2) is 27.5 Å². The van der Waals surface area contributed by atoms with Crippen LogP contribution in [0.25, 0.3) is 11.4 Å². The quantitative estimate of drug-likeness (QED) is 0.916. The molecule has 112 valence electrons. The third-order valence-corrected chi connectivity index (χ3v) is 4.58. The lowest BCUT2D eigenvalue weighted by Gasteiger charge is -2.30. The van der Waals surface area contributed by atoms with Gasteiger partial charge in [0.1, 0.15) is 0 Å². The fourth-order valence-corrected chi connectivity index (χ4v) is 3.41. The molecule has 5 nitrogen and oxygen atoms in total. The molecule has 0 aromatic carbocycles. The molecule has 6 heteroatoms. The van der Waals surface area contributed by atoms with Gasteiger partial charge in [-0.2, -0.15) is 4.98 Å². The van der Waals surface area contributed by atoms with Gasteiger partial charge in [0.15, 0.2) is 0 Å². The van der Waals surface area contributed by atoms with Crippen molar-refractivity contribution in [1.82, 2.24) is 20.4 Å². The van der Waals surface area contributed by atoms with Crippen molar-refractivity contribution >= 4 is 15.9 Å². The van der Waals surface area contributed by atoms with Gasteiger partial charge in [0.25, 0.3) is 0 Å². The van der Waals surface area contributed by atoms with Crippen molar-refractivity contribution in [3.05, 3.63) is 28.8 Å². The largest absolute Gasteiger partial charge is 0.339 e. The Kier molecular flexibility index (Phi) is 4.65. The van der Waals surface area contributed by atoms with Gasteiger partial charge in [0.05, 0.1) is 0 Å². The highest BCUT2D eigenvalue weighted by atomic mass is 79.9. The molecule has 2 aromatic heterocycles. The van der Waals surface area contributed by atoms with E-state index in [2.05, 4.69) is 36.4 Å². The first kappa shape index (κ1) is 14.7. The Bertz CT molecular complexity index is 601. The highest BCUT2D eigenvalue weighted by Crippen LogP contribution is 2.27. The molecule has 2 heterocycles. The molecule has 21 heavy (non-hydrogen) atoms. The van der Waals surface area contributed by atoms with E-state index in [4.69, 9.17) is 4.52 Å². The summed E-state index contributed by atoms with van der Waals surface area (Å²) in [4.78, 5) is 8.65. The van der Waals surface area contributed by atoms with Crippen molar-refractivity contribution in [3.8, 4) is 11.4 Å². The molecule has 3 rings (SSSR count). The third-order valence-electron chi connectivity index (χ3n) is 4.15. The first-order chi connectivity index (χ1) is 10.3. The Hall–Kier alpha value is -1.27. The summed E-state index contributed by atoms with van der Waals surface area (Å²) < 4.78 is 6.33. The second-order valence-electron chi connectivity index (χ2n) is 5.55. The number of hydrogen-bond donors (Lipinski definition) is 1.